The maximum Gasteiger partial charge on any atom is 0.189 e. The maximum atomic E-state index is 9.50. The van der Waals surface area contributed by atoms with Crippen LogP contribution in [0.5, 0.6) is 5.75 Å². The summed E-state index contributed by atoms with van der Waals surface area (Å²) in [6, 6.07) is 7.02. The molecule has 0 atom stereocenters. The predicted molar refractivity (Wildman–Crippen MR) is 75.7 cm³/mol. The lowest BCUT2D eigenvalue weighted by molar-refractivity contribution is 0.475. The number of phenolic OH excluding ortho intramolecular Hbond substituents is 1. The predicted octanol–water partition coefficient (Wildman–Crippen LogP) is 2.25. The number of aromatic nitrogens is 2. The van der Waals surface area contributed by atoms with E-state index in [1.54, 1.807) is 18.2 Å². The average molecular weight is 274 g/mol. The number of thioether (sulfide) groups is 1. The van der Waals surface area contributed by atoms with Crippen molar-refractivity contribution in [1.82, 2.24) is 15.3 Å². The molecule has 3 rings (SSSR count). The van der Waals surface area contributed by atoms with Crippen LogP contribution >= 0.6 is 11.8 Å². The molecule has 6 heteroatoms. The summed E-state index contributed by atoms with van der Waals surface area (Å²) in [5.74, 6) is 1.05. The molecule has 0 fully saturated rings. The first kappa shape index (κ1) is 12.3. The van der Waals surface area contributed by atoms with Gasteiger partial charge in [0.2, 0.25) is 0 Å². The Balaban J connectivity index is 1.98. The first-order chi connectivity index (χ1) is 9.26. The molecular weight excluding hydrogens is 260 g/mol. The van der Waals surface area contributed by atoms with E-state index in [4.69, 9.17) is 0 Å². The van der Waals surface area contributed by atoms with E-state index in [0.29, 0.717) is 0 Å². The van der Waals surface area contributed by atoms with Gasteiger partial charge in [0.25, 0.3) is 0 Å². The Morgan fingerprint density at radius 3 is 3.00 bits per heavy atom. The van der Waals surface area contributed by atoms with Crippen LogP contribution < -0.4 is 10.6 Å². The molecule has 0 amide bonds. The zero-order chi connectivity index (χ0) is 13.2. The van der Waals surface area contributed by atoms with Crippen molar-refractivity contribution in [2.45, 2.75) is 18.2 Å². The van der Waals surface area contributed by atoms with E-state index in [9.17, 15) is 5.11 Å². The molecule has 3 N–H and O–H groups in total. The van der Waals surface area contributed by atoms with Gasteiger partial charge in [-0.1, -0.05) is 17.8 Å². The van der Waals surface area contributed by atoms with Gasteiger partial charge in [-0.15, -0.1) is 0 Å². The summed E-state index contributed by atoms with van der Waals surface area (Å²) in [6.45, 7) is 1.55. The van der Waals surface area contributed by atoms with Crippen molar-refractivity contribution in [3.8, 4) is 5.75 Å². The summed E-state index contributed by atoms with van der Waals surface area (Å²) < 4.78 is 0. The van der Waals surface area contributed by atoms with Crippen molar-refractivity contribution < 1.29 is 5.11 Å². The molecule has 19 heavy (non-hydrogen) atoms. The van der Waals surface area contributed by atoms with Crippen LogP contribution in [0.25, 0.3) is 0 Å². The van der Waals surface area contributed by atoms with Crippen LogP contribution in [0, 0.1) is 0 Å². The Labute approximate surface area is 115 Å². The lowest BCUT2D eigenvalue weighted by atomic mass is 10.2. The highest BCUT2D eigenvalue weighted by Gasteiger charge is 2.18. The number of nitrogens with one attached hydrogen (secondary N) is 2. The Kier molecular flexibility index (Phi) is 3.27. The minimum Gasteiger partial charge on any atom is -0.508 e. The molecule has 98 valence electrons. The number of rotatable bonds is 3. The fraction of sp³-hybridized carbons (Fsp3) is 0.231. The van der Waals surface area contributed by atoms with Crippen molar-refractivity contribution >= 4 is 23.3 Å². The smallest absolute Gasteiger partial charge is 0.189 e. The third kappa shape index (κ3) is 2.50. The Bertz CT molecular complexity index is 618. The highest BCUT2D eigenvalue weighted by molar-refractivity contribution is 7.98. The van der Waals surface area contributed by atoms with E-state index < -0.39 is 0 Å². The molecule has 1 aliphatic rings. The van der Waals surface area contributed by atoms with Crippen molar-refractivity contribution in [3.63, 3.8) is 0 Å². The molecule has 0 saturated carbocycles. The number of aromatic hydroxyl groups is 1. The first-order valence-corrected chi connectivity index (χ1v) is 7.19. The maximum absolute atomic E-state index is 9.50. The third-order valence-corrected chi connectivity index (χ3v) is 3.51. The summed E-state index contributed by atoms with van der Waals surface area (Å²) in [5.41, 5.74) is 2.96. The van der Waals surface area contributed by atoms with Crippen LogP contribution in [0.3, 0.4) is 0 Å². The van der Waals surface area contributed by atoms with Crippen molar-refractivity contribution in [2.24, 2.45) is 0 Å². The van der Waals surface area contributed by atoms with Crippen LogP contribution in [0.15, 0.2) is 29.4 Å². The minimum atomic E-state index is 0.235. The van der Waals surface area contributed by atoms with E-state index in [1.807, 2.05) is 12.3 Å². The minimum absolute atomic E-state index is 0.235. The molecule has 5 nitrogen and oxygen atoms in total. The fourth-order valence-corrected chi connectivity index (χ4v) is 2.44. The van der Waals surface area contributed by atoms with Crippen molar-refractivity contribution in [3.05, 3.63) is 35.5 Å². The van der Waals surface area contributed by atoms with Crippen LogP contribution in [0.1, 0.15) is 11.3 Å². The summed E-state index contributed by atoms with van der Waals surface area (Å²) in [5, 5.41) is 16.8. The summed E-state index contributed by atoms with van der Waals surface area (Å²) >= 11 is 1.52. The molecule has 0 spiro atoms. The molecule has 0 bridgehead atoms. The Morgan fingerprint density at radius 1 is 1.32 bits per heavy atom. The number of fused-ring (bicyclic) bond motifs is 1. The van der Waals surface area contributed by atoms with Gasteiger partial charge >= 0.3 is 0 Å². The Morgan fingerprint density at radius 2 is 2.21 bits per heavy atom. The molecule has 2 heterocycles. The van der Waals surface area contributed by atoms with Gasteiger partial charge in [-0.2, -0.15) is 0 Å². The average Bonchev–Trinajstić information content (AvgIpc) is 2.87. The topological polar surface area (TPSA) is 70.1 Å². The molecule has 0 saturated heterocycles. The largest absolute Gasteiger partial charge is 0.508 e. The zero-order valence-electron chi connectivity index (χ0n) is 10.5. The van der Waals surface area contributed by atoms with Gasteiger partial charge in [0.1, 0.15) is 11.6 Å². The van der Waals surface area contributed by atoms with Crippen LogP contribution in [-0.2, 0) is 13.1 Å². The molecule has 1 aromatic heterocycles. The Hall–Kier alpha value is -1.79. The van der Waals surface area contributed by atoms with Gasteiger partial charge in [0.15, 0.2) is 5.16 Å². The van der Waals surface area contributed by atoms with Gasteiger partial charge < -0.3 is 15.7 Å². The van der Waals surface area contributed by atoms with E-state index in [-0.39, 0.29) is 5.75 Å². The van der Waals surface area contributed by atoms with E-state index in [2.05, 4.69) is 20.6 Å². The molecule has 0 radical (unpaired) electrons. The van der Waals surface area contributed by atoms with Crippen LogP contribution in [0.2, 0.25) is 0 Å². The SMILES string of the molecule is CSc1nc2c(c(Nc3cccc(O)c3)n1)CNC2. The quantitative estimate of drug-likeness (QED) is 0.589. The summed E-state index contributed by atoms with van der Waals surface area (Å²) in [6.07, 6.45) is 1.96. The lowest BCUT2D eigenvalue weighted by Gasteiger charge is -2.11. The van der Waals surface area contributed by atoms with Gasteiger partial charge in [0.05, 0.1) is 5.69 Å². The lowest BCUT2D eigenvalue weighted by Crippen LogP contribution is -2.03. The third-order valence-electron chi connectivity index (χ3n) is 2.96. The monoisotopic (exact) mass is 274 g/mol. The fourth-order valence-electron chi connectivity index (χ4n) is 2.06. The van der Waals surface area contributed by atoms with Gasteiger partial charge in [-0.3, -0.25) is 0 Å². The highest BCUT2D eigenvalue weighted by Crippen LogP contribution is 2.27. The molecule has 0 aliphatic carbocycles. The molecule has 1 aliphatic heterocycles. The van der Waals surface area contributed by atoms with Crippen LogP contribution in [0.4, 0.5) is 11.5 Å². The van der Waals surface area contributed by atoms with Gasteiger partial charge in [-0.25, -0.2) is 9.97 Å². The van der Waals surface area contributed by atoms with E-state index in [1.165, 1.54) is 11.8 Å². The summed E-state index contributed by atoms with van der Waals surface area (Å²) in [7, 11) is 0. The second-order valence-electron chi connectivity index (χ2n) is 4.26. The van der Waals surface area contributed by atoms with E-state index in [0.717, 1.165) is 41.0 Å². The van der Waals surface area contributed by atoms with Gasteiger partial charge in [0, 0.05) is 30.4 Å². The number of hydrogen-bond donors (Lipinski definition) is 3. The van der Waals surface area contributed by atoms with Crippen molar-refractivity contribution in [2.75, 3.05) is 11.6 Å². The summed E-state index contributed by atoms with van der Waals surface area (Å²) in [4.78, 5) is 9.00. The zero-order valence-corrected chi connectivity index (χ0v) is 11.3. The standard InChI is InChI=1S/C13H14N4OS/c1-19-13-16-11-7-14-6-10(11)12(17-13)15-8-3-2-4-9(18)5-8/h2-5,14,18H,6-7H2,1H3,(H,15,16,17). The highest BCUT2D eigenvalue weighted by atomic mass is 32.2. The molecule has 2 aromatic rings. The van der Waals surface area contributed by atoms with E-state index >= 15 is 0 Å². The molecule has 0 unspecified atom stereocenters. The molecular formula is C13H14N4OS. The number of phenols is 1. The number of nitrogens with zero attached hydrogens (tertiary/aromatic N) is 2. The molecule has 1 aromatic carbocycles. The van der Waals surface area contributed by atoms with Crippen LogP contribution in [-0.4, -0.2) is 21.3 Å². The first-order valence-electron chi connectivity index (χ1n) is 5.97. The number of benzene rings is 1. The number of hydrogen-bond acceptors (Lipinski definition) is 6. The van der Waals surface area contributed by atoms with Crippen molar-refractivity contribution in [1.29, 1.82) is 0 Å². The second kappa shape index (κ2) is 5.07. The van der Waals surface area contributed by atoms with Gasteiger partial charge in [-0.05, 0) is 18.4 Å². The normalized spacial score (nSPS) is 13.3. The number of anilines is 2. The second-order valence-corrected chi connectivity index (χ2v) is 5.04.